The lowest BCUT2D eigenvalue weighted by atomic mass is 9.83. The van der Waals surface area contributed by atoms with Crippen LogP contribution in [0, 0.1) is 5.92 Å². The maximum Gasteiger partial charge on any atom is 0.414 e. The average Bonchev–Trinajstić information content (AvgIpc) is 3.05. The molecule has 0 spiro atoms. The molecule has 4 rings (SSSR count). The largest absolute Gasteiger partial charge is 0.414 e. The average molecular weight is 489 g/mol. The molecule has 1 aliphatic carbocycles. The van der Waals surface area contributed by atoms with E-state index in [4.69, 9.17) is 0 Å². The zero-order valence-electron chi connectivity index (χ0n) is 20.4. The SMILES string of the molecule is CN1CCC(C(=O)N(C)[C@@H](c2ccc(NC3Cc4ccccc4C3(C)C)cn2)C(F)(F)F)CC1=O. The van der Waals surface area contributed by atoms with E-state index in [2.05, 4.69) is 36.3 Å². The number of amides is 2. The van der Waals surface area contributed by atoms with Crippen LogP contribution in [0.1, 0.15) is 49.6 Å². The Morgan fingerprint density at radius 1 is 1.20 bits per heavy atom. The number of anilines is 1. The number of rotatable bonds is 5. The van der Waals surface area contributed by atoms with Crippen LogP contribution in [-0.4, -0.2) is 59.5 Å². The van der Waals surface area contributed by atoms with Crippen LogP contribution in [0.4, 0.5) is 18.9 Å². The smallest absolute Gasteiger partial charge is 0.380 e. The minimum atomic E-state index is -4.71. The van der Waals surface area contributed by atoms with Gasteiger partial charge < -0.3 is 15.1 Å². The summed E-state index contributed by atoms with van der Waals surface area (Å²) >= 11 is 0. The normalized spacial score (nSPS) is 22.5. The fourth-order valence-corrected chi connectivity index (χ4v) is 5.23. The minimum Gasteiger partial charge on any atom is -0.380 e. The van der Waals surface area contributed by atoms with Crippen LogP contribution < -0.4 is 5.32 Å². The number of alkyl halides is 3. The molecule has 9 heteroatoms. The number of aromatic nitrogens is 1. The van der Waals surface area contributed by atoms with Gasteiger partial charge in [-0.25, -0.2) is 0 Å². The van der Waals surface area contributed by atoms with Crippen molar-refractivity contribution in [2.24, 2.45) is 5.92 Å². The third-order valence-electron chi connectivity index (χ3n) is 7.47. The molecular formula is C26H31F3N4O2. The third kappa shape index (κ3) is 4.86. The van der Waals surface area contributed by atoms with Gasteiger partial charge in [-0.05, 0) is 36.1 Å². The standard InChI is InChI=1S/C26H31F3N4O2/c1-25(2)19-8-6-5-7-16(19)13-21(25)31-18-9-10-20(30-15-18)23(26(27,28)29)33(4)24(35)17-11-12-32(3)22(34)14-17/h5-10,15,17,21,23,31H,11-14H2,1-4H3/t17?,21?,23-/m0/s1. The molecule has 1 aliphatic heterocycles. The van der Waals surface area contributed by atoms with Crippen molar-refractivity contribution in [1.29, 1.82) is 0 Å². The second-order valence-electron chi connectivity index (χ2n) is 10.1. The van der Waals surface area contributed by atoms with Crippen molar-refractivity contribution in [3.63, 3.8) is 0 Å². The van der Waals surface area contributed by atoms with E-state index in [9.17, 15) is 22.8 Å². The van der Waals surface area contributed by atoms with Crippen LogP contribution in [0.5, 0.6) is 0 Å². The predicted octanol–water partition coefficient (Wildman–Crippen LogP) is 4.33. The maximum atomic E-state index is 14.1. The van der Waals surface area contributed by atoms with Gasteiger partial charge in [0.05, 0.1) is 17.6 Å². The van der Waals surface area contributed by atoms with Gasteiger partial charge in [-0.15, -0.1) is 0 Å². The van der Waals surface area contributed by atoms with Gasteiger partial charge in [-0.3, -0.25) is 14.6 Å². The summed E-state index contributed by atoms with van der Waals surface area (Å²) < 4.78 is 42.2. The Hall–Kier alpha value is -3.10. The number of pyridine rings is 1. The van der Waals surface area contributed by atoms with Crippen LogP contribution in [0.15, 0.2) is 42.6 Å². The second kappa shape index (κ2) is 9.17. The van der Waals surface area contributed by atoms with E-state index < -0.39 is 24.0 Å². The third-order valence-corrected chi connectivity index (χ3v) is 7.47. The van der Waals surface area contributed by atoms with Gasteiger partial charge in [0, 0.05) is 44.4 Å². The van der Waals surface area contributed by atoms with Gasteiger partial charge in [0.1, 0.15) is 0 Å². The summed E-state index contributed by atoms with van der Waals surface area (Å²) in [7, 11) is 2.76. The van der Waals surface area contributed by atoms with Crippen molar-refractivity contribution in [2.75, 3.05) is 26.0 Å². The van der Waals surface area contributed by atoms with Gasteiger partial charge in [0.15, 0.2) is 6.04 Å². The number of halogens is 3. The monoisotopic (exact) mass is 488 g/mol. The Bertz CT molecular complexity index is 1100. The van der Waals surface area contributed by atoms with Gasteiger partial charge in [-0.2, -0.15) is 13.2 Å². The Morgan fingerprint density at radius 2 is 1.91 bits per heavy atom. The summed E-state index contributed by atoms with van der Waals surface area (Å²) in [6.07, 6.45) is -2.25. The Balaban J connectivity index is 1.51. The Morgan fingerprint density at radius 3 is 2.51 bits per heavy atom. The van der Waals surface area contributed by atoms with Crippen molar-refractivity contribution >= 4 is 17.5 Å². The Kier molecular flexibility index (Phi) is 6.55. The van der Waals surface area contributed by atoms with E-state index in [1.807, 2.05) is 12.1 Å². The van der Waals surface area contributed by atoms with Crippen molar-refractivity contribution in [2.45, 2.75) is 56.8 Å². The van der Waals surface area contributed by atoms with E-state index in [1.54, 1.807) is 13.1 Å². The number of likely N-dealkylation sites (tertiary alicyclic amines) is 1. The molecular weight excluding hydrogens is 457 g/mol. The number of carbonyl (C=O) groups is 2. The highest BCUT2D eigenvalue weighted by molar-refractivity contribution is 5.87. The fourth-order valence-electron chi connectivity index (χ4n) is 5.23. The van der Waals surface area contributed by atoms with Crippen LogP contribution in [0.25, 0.3) is 0 Å². The number of nitrogens with zero attached hydrogens (tertiary/aromatic N) is 3. The number of benzene rings is 1. The van der Waals surface area contributed by atoms with Gasteiger partial charge in [-0.1, -0.05) is 38.1 Å². The predicted molar refractivity (Wildman–Crippen MR) is 127 cm³/mol. The van der Waals surface area contributed by atoms with Crippen molar-refractivity contribution < 1.29 is 22.8 Å². The van der Waals surface area contributed by atoms with Crippen LogP contribution in [0.2, 0.25) is 0 Å². The molecule has 2 heterocycles. The van der Waals surface area contributed by atoms with Gasteiger partial charge in [0.25, 0.3) is 0 Å². The summed E-state index contributed by atoms with van der Waals surface area (Å²) in [6.45, 7) is 4.64. The second-order valence-corrected chi connectivity index (χ2v) is 10.1. The highest BCUT2D eigenvalue weighted by atomic mass is 19.4. The molecule has 0 saturated carbocycles. The lowest BCUT2D eigenvalue weighted by Crippen LogP contribution is -2.46. The zero-order valence-corrected chi connectivity index (χ0v) is 20.4. The highest BCUT2D eigenvalue weighted by Crippen LogP contribution is 2.41. The molecule has 2 aliphatic rings. The van der Waals surface area contributed by atoms with E-state index in [-0.39, 0.29) is 29.5 Å². The molecule has 188 valence electrons. The maximum absolute atomic E-state index is 14.1. The molecule has 1 N–H and O–H groups in total. The summed E-state index contributed by atoms with van der Waals surface area (Å²) in [5.74, 6) is -1.69. The topological polar surface area (TPSA) is 65.5 Å². The molecule has 6 nitrogen and oxygen atoms in total. The highest BCUT2D eigenvalue weighted by Gasteiger charge is 2.47. The fraction of sp³-hybridized carbons (Fsp3) is 0.500. The first-order chi connectivity index (χ1) is 16.4. The molecule has 2 unspecified atom stereocenters. The van der Waals surface area contributed by atoms with E-state index in [1.165, 1.54) is 28.3 Å². The number of fused-ring (bicyclic) bond motifs is 1. The molecule has 2 amide bonds. The summed E-state index contributed by atoms with van der Waals surface area (Å²) in [5, 5.41) is 3.43. The zero-order chi connectivity index (χ0) is 25.5. The Labute approximate surface area is 203 Å². The molecule has 1 fully saturated rings. The van der Waals surface area contributed by atoms with Gasteiger partial charge in [0.2, 0.25) is 11.8 Å². The molecule has 3 atom stereocenters. The lowest BCUT2D eigenvalue weighted by Gasteiger charge is -2.35. The number of hydrogen-bond donors (Lipinski definition) is 1. The molecule has 1 saturated heterocycles. The van der Waals surface area contributed by atoms with Crippen LogP contribution >= 0.6 is 0 Å². The number of carbonyl (C=O) groups excluding carboxylic acids is 2. The van der Waals surface area contributed by atoms with E-state index in [0.717, 1.165) is 13.5 Å². The van der Waals surface area contributed by atoms with Crippen molar-refractivity contribution in [3.05, 3.63) is 59.4 Å². The van der Waals surface area contributed by atoms with Crippen molar-refractivity contribution in [3.8, 4) is 0 Å². The van der Waals surface area contributed by atoms with E-state index in [0.29, 0.717) is 23.6 Å². The number of piperidine rings is 1. The lowest BCUT2D eigenvalue weighted by molar-refractivity contribution is -0.192. The first kappa shape index (κ1) is 25.0. The van der Waals surface area contributed by atoms with E-state index >= 15 is 0 Å². The van der Waals surface area contributed by atoms with Gasteiger partial charge >= 0.3 is 6.18 Å². The first-order valence-electron chi connectivity index (χ1n) is 11.8. The molecule has 0 bridgehead atoms. The van der Waals surface area contributed by atoms with Crippen LogP contribution in [0.3, 0.4) is 0 Å². The quantitative estimate of drug-likeness (QED) is 0.681. The summed E-state index contributed by atoms with van der Waals surface area (Å²) in [5.41, 5.74) is 2.72. The molecule has 0 radical (unpaired) electrons. The van der Waals surface area contributed by atoms with Crippen LogP contribution in [-0.2, 0) is 21.4 Å². The first-order valence-corrected chi connectivity index (χ1v) is 11.8. The summed E-state index contributed by atoms with van der Waals surface area (Å²) in [6, 6.07) is 9.00. The minimum absolute atomic E-state index is 0.0668. The number of nitrogens with one attached hydrogen (secondary N) is 1. The molecule has 1 aromatic heterocycles. The summed E-state index contributed by atoms with van der Waals surface area (Å²) in [4.78, 5) is 31.2. The molecule has 1 aromatic carbocycles. The molecule has 35 heavy (non-hydrogen) atoms. The molecule has 2 aromatic rings. The number of hydrogen-bond acceptors (Lipinski definition) is 4. The van der Waals surface area contributed by atoms with Crippen molar-refractivity contribution in [1.82, 2.24) is 14.8 Å².